The zero-order valence-electron chi connectivity index (χ0n) is 7.63. The molecule has 0 aromatic rings. The molecule has 0 fully saturated rings. The van der Waals surface area contributed by atoms with E-state index in [-0.39, 0.29) is 12.6 Å². The third-order valence-electron chi connectivity index (χ3n) is 1.46. The van der Waals surface area contributed by atoms with Gasteiger partial charge in [-0.25, -0.2) is 0 Å². The summed E-state index contributed by atoms with van der Waals surface area (Å²) in [4.78, 5) is 0. The lowest BCUT2D eigenvalue weighted by Gasteiger charge is -2.18. The molecule has 3 nitrogen and oxygen atoms in total. The number of hydrogen-bond donors (Lipinski definition) is 2. The Kier molecular flexibility index (Phi) is 6.51. The molecule has 0 rings (SSSR count). The molecule has 0 aliphatic carbocycles. The Bertz CT molecular complexity index is 86.2. The van der Waals surface area contributed by atoms with Crippen LogP contribution in [0.1, 0.15) is 20.3 Å². The molecule has 0 aliphatic heterocycles. The second-order valence-corrected chi connectivity index (χ2v) is 2.98. The van der Waals surface area contributed by atoms with E-state index in [1.807, 2.05) is 0 Å². The molecule has 0 aromatic carbocycles. The molecule has 3 heteroatoms. The van der Waals surface area contributed by atoms with Gasteiger partial charge < -0.3 is 15.2 Å². The van der Waals surface area contributed by atoms with E-state index in [0.717, 1.165) is 6.42 Å². The van der Waals surface area contributed by atoms with Crippen molar-refractivity contribution in [1.82, 2.24) is 5.32 Å². The Morgan fingerprint density at radius 3 is 2.45 bits per heavy atom. The van der Waals surface area contributed by atoms with Gasteiger partial charge in [-0.15, -0.1) is 0 Å². The lowest BCUT2D eigenvalue weighted by molar-refractivity contribution is 0.156. The van der Waals surface area contributed by atoms with E-state index >= 15 is 0 Å². The summed E-state index contributed by atoms with van der Waals surface area (Å²) in [6.45, 7) is 5.01. The highest BCUT2D eigenvalue weighted by molar-refractivity contribution is 4.67. The largest absolute Gasteiger partial charge is 0.395 e. The molecule has 0 aliphatic rings. The van der Waals surface area contributed by atoms with Crippen LogP contribution >= 0.6 is 0 Å². The van der Waals surface area contributed by atoms with Crippen LogP contribution in [-0.2, 0) is 4.74 Å². The van der Waals surface area contributed by atoms with Gasteiger partial charge >= 0.3 is 0 Å². The highest BCUT2D eigenvalue weighted by Gasteiger charge is 2.06. The molecule has 0 bridgehead atoms. The number of aliphatic hydroxyl groups is 1. The van der Waals surface area contributed by atoms with Gasteiger partial charge in [-0.2, -0.15) is 0 Å². The molecule has 0 heterocycles. The molecular weight excluding hydrogens is 142 g/mol. The fourth-order valence-corrected chi connectivity index (χ4v) is 0.959. The summed E-state index contributed by atoms with van der Waals surface area (Å²) in [6.07, 6.45) is 0.866. The van der Waals surface area contributed by atoms with Crippen molar-refractivity contribution in [1.29, 1.82) is 0 Å². The molecule has 0 amide bonds. The van der Waals surface area contributed by atoms with Crippen LogP contribution in [0, 0.1) is 0 Å². The van der Waals surface area contributed by atoms with Crippen molar-refractivity contribution < 1.29 is 9.84 Å². The van der Waals surface area contributed by atoms with E-state index in [1.54, 1.807) is 7.11 Å². The second-order valence-electron chi connectivity index (χ2n) is 2.98. The first kappa shape index (κ1) is 10.9. The summed E-state index contributed by atoms with van der Waals surface area (Å²) >= 11 is 0. The van der Waals surface area contributed by atoms with Gasteiger partial charge in [-0.3, -0.25) is 0 Å². The molecule has 11 heavy (non-hydrogen) atoms. The van der Waals surface area contributed by atoms with Crippen molar-refractivity contribution >= 4 is 0 Å². The van der Waals surface area contributed by atoms with E-state index in [9.17, 15) is 0 Å². The molecule has 0 spiro atoms. The van der Waals surface area contributed by atoms with Crippen LogP contribution in [0.2, 0.25) is 0 Å². The first-order chi connectivity index (χ1) is 5.20. The summed E-state index contributed by atoms with van der Waals surface area (Å²) in [7, 11) is 1.67. The van der Waals surface area contributed by atoms with Crippen LogP contribution in [0.15, 0.2) is 0 Å². The standard InChI is InChI=1S/C8H19NO2/c1-7(2)9-8(6-10)4-5-11-3/h7-10H,4-6H2,1-3H3. The molecule has 2 N–H and O–H groups in total. The first-order valence-electron chi connectivity index (χ1n) is 4.06. The number of hydrogen-bond acceptors (Lipinski definition) is 3. The monoisotopic (exact) mass is 161 g/mol. The zero-order chi connectivity index (χ0) is 8.69. The van der Waals surface area contributed by atoms with Crippen molar-refractivity contribution in [2.45, 2.75) is 32.4 Å². The van der Waals surface area contributed by atoms with Crippen molar-refractivity contribution in [3.63, 3.8) is 0 Å². The van der Waals surface area contributed by atoms with Gasteiger partial charge in [-0.05, 0) is 6.42 Å². The van der Waals surface area contributed by atoms with E-state index in [2.05, 4.69) is 19.2 Å². The lowest BCUT2D eigenvalue weighted by atomic mass is 10.2. The lowest BCUT2D eigenvalue weighted by Crippen LogP contribution is -2.38. The predicted molar refractivity (Wildman–Crippen MR) is 45.6 cm³/mol. The van der Waals surface area contributed by atoms with Gasteiger partial charge in [0, 0.05) is 25.8 Å². The molecule has 0 radical (unpaired) electrons. The summed E-state index contributed by atoms with van der Waals surface area (Å²) in [5.41, 5.74) is 0. The highest BCUT2D eigenvalue weighted by atomic mass is 16.5. The minimum absolute atomic E-state index is 0.176. The molecule has 68 valence electrons. The molecule has 0 aromatic heterocycles. The number of aliphatic hydroxyl groups excluding tert-OH is 1. The second kappa shape index (κ2) is 6.58. The molecule has 1 unspecified atom stereocenters. The van der Waals surface area contributed by atoms with Crippen molar-refractivity contribution in [3.05, 3.63) is 0 Å². The minimum Gasteiger partial charge on any atom is -0.395 e. The maximum absolute atomic E-state index is 8.88. The Hall–Kier alpha value is -0.120. The maximum atomic E-state index is 8.88. The quantitative estimate of drug-likeness (QED) is 0.592. The van der Waals surface area contributed by atoms with Crippen molar-refractivity contribution in [3.8, 4) is 0 Å². The number of nitrogens with one attached hydrogen (secondary N) is 1. The Morgan fingerprint density at radius 2 is 2.09 bits per heavy atom. The van der Waals surface area contributed by atoms with Crippen LogP contribution in [-0.4, -0.2) is 37.5 Å². The fraction of sp³-hybridized carbons (Fsp3) is 1.00. The van der Waals surface area contributed by atoms with Crippen LogP contribution in [0.25, 0.3) is 0 Å². The van der Waals surface area contributed by atoms with Gasteiger partial charge in [0.25, 0.3) is 0 Å². The average Bonchev–Trinajstić information content (AvgIpc) is 1.97. The van der Waals surface area contributed by atoms with E-state index in [1.165, 1.54) is 0 Å². The summed E-state index contributed by atoms with van der Waals surface area (Å²) in [6, 6.07) is 0.596. The number of methoxy groups -OCH3 is 1. The van der Waals surface area contributed by atoms with Gasteiger partial charge in [-0.1, -0.05) is 13.8 Å². The third kappa shape index (κ3) is 6.28. The minimum atomic E-state index is 0.176. The molecular formula is C8H19NO2. The van der Waals surface area contributed by atoms with Crippen LogP contribution in [0.5, 0.6) is 0 Å². The van der Waals surface area contributed by atoms with Gasteiger partial charge in [0.1, 0.15) is 0 Å². The van der Waals surface area contributed by atoms with Crippen LogP contribution in [0.4, 0.5) is 0 Å². The summed E-state index contributed by atoms with van der Waals surface area (Å²) in [5, 5.41) is 12.1. The van der Waals surface area contributed by atoms with Gasteiger partial charge in [0.15, 0.2) is 0 Å². The summed E-state index contributed by atoms with van der Waals surface area (Å²) < 4.78 is 4.90. The van der Waals surface area contributed by atoms with Gasteiger partial charge in [0.2, 0.25) is 0 Å². The van der Waals surface area contributed by atoms with Crippen molar-refractivity contribution in [2.24, 2.45) is 0 Å². The van der Waals surface area contributed by atoms with E-state index in [4.69, 9.17) is 9.84 Å². The topological polar surface area (TPSA) is 41.5 Å². The maximum Gasteiger partial charge on any atom is 0.0585 e. The Balaban J connectivity index is 3.41. The Morgan fingerprint density at radius 1 is 1.45 bits per heavy atom. The smallest absolute Gasteiger partial charge is 0.0585 e. The SMILES string of the molecule is COCCC(CO)NC(C)C. The van der Waals surface area contributed by atoms with Gasteiger partial charge in [0.05, 0.1) is 6.61 Å². The van der Waals surface area contributed by atoms with E-state index in [0.29, 0.717) is 12.6 Å². The van der Waals surface area contributed by atoms with E-state index < -0.39 is 0 Å². The molecule has 1 atom stereocenters. The highest BCUT2D eigenvalue weighted by Crippen LogP contribution is 1.93. The number of rotatable bonds is 6. The molecule has 0 saturated heterocycles. The predicted octanol–water partition coefficient (Wildman–Crippen LogP) is 0.382. The normalized spacial score (nSPS) is 13.9. The fourth-order valence-electron chi connectivity index (χ4n) is 0.959. The first-order valence-corrected chi connectivity index (χ1v) is 4.06. The summed E-state index contributed by atoms with van der Waals surface area (Å²) in [5.74, 6) is 0. The zero-order valence-corrected chi connectivity index (χ0v) is 7.63. The number of ether oxygens (including phenoxy) is 1. The average molecular weight is 161 g/mol. The van der Waals surface area contributed by atoms with Crippen molar-refractivity contribution in [2.75, 3.05) is 20.3 Å². The van der Waals surface area contributed by atoms with Crippen LogP contribution < -0.4 is 5.32 Å². The molecule has 0 saturated carbocycles. The third-order valence-corrected chi connectivity index (χ3v) is 1.46. The Labute approximate surface area is 68.8 Å². The van der Waals surface area contributed by atoms with Crippen LogP contribution in [0.3, 0.4) is 0 Å².